The van der Waals surface area contributed by atoms with E-state index in [0.29, 0.717) is 5.71 Å². The van der Waals surface area contributed by atoms with E-state index in [4.69, 9.17) is 4.74 Å². The van der Waals surface area contributed by atoms with Gasteiger partial charge in [0.05, 0.1) is 0 Å². The van der Waals surface area contributed by atoms with Crippen molar-refractivity contribution in [2.75, 3.05) is 7.05 Å². The molecule has 0 saturated heterocycles. The van der Waals surface area contributed by atoms with E-state index in [1.54, 1.807) is 32.3 Å². The zero-order valence-electron chi connectivity index (χ0n) is 12.1. The first kappa shape index (κ1) is 15.7. The van der Waals surface area contributed by atoms with Crippen LogP contribution in [0.25, 0.3) is 0 Å². The fourth-order valence-corrected chi connectivity index (χ4v) is 1.42. The summed E-state index contributed by atoms with van der Waals surface area (Å²) < 4.78 is 5.71. The molecule has 106 valence electrons. The molecule has 1 N–H and O–H groups in total. The standard InChI is InChI=1S/C16H20N2O2/c1-5-14(10-11-18-13(3)16(19)17-4)20-15-8-6-12(2)7-9-15/h5-11,14H,1H2,2-4H3,(H,17,19)/b11-10-,18-13?. The SMILES string of the molecule is C=CC(/C=C\N=C(C)C(=O)NC)Oc1ccc(C)cc1. The van der Waals surface area contributed by atoms with Gasteiger partial charge in [0.1, 0.15) is 17.6 Å². The molecule has 0 fully saturated rings. The van der Waals surface area contributed by atoms with Crippen LogP contribution in [0.15, 0.2) is 54.2 Å². The van der Waals surface area contributed by atoms with Crippen LogP contribution >= 0.6 is 0 Å². The Morgan fingerprint density at radius 3 is 2.60 bits per heavy atom. The molecule has 0 heterocycles. The first-order chi connectivity index (χ1) is 9.56. The largest absolute Gasteiger partial charge is 0.482 e. The van der Waals surface area contributed by atoms with Crippen LogP contribution in [-0.4, -0.2) is 24.8 Å². The topological polar surface area (TPSA) is 50.7 Å². The molecule has 0 aromatic heterocycles. The van der Waals surface area contributed by atoms with E-state index in [1.807, 2.05) is 31.2 Å². The van der Waals surface area contributed by atoms with Crippen molar-refractivity contribution < 1.29 is 9.53 Å². The highest BCUT2D eigenvalue weighted by Crippen LogP contribution is 2.14. The molecule has 0 saturated carbocycles. The molecule has 0 aliphatic rings. The highest BCUT2D eigenvalue weighted by molar-refractivity contribution is 6.37. The third-order valence-electron chi connectivity index (χ3n) is 2.63. The second kappa shape index (κ2) is 7.94. The average Bonchev–Trinajstić information content (AvgIpc) is 2.47. The quantitative estimate of drug-likeness (QED) is 0.639. The van der Waals surface area contributed by atoms with Crippen LogP contribution in [0.3, 0.4) is 0 Å². The monoisotopic (exact) mass is 272 g/mol. The molecule has 1 aromatic carbocycles. The summed E-state index contributed by atoms with van der Waals surface area (Å²) in [6, 6.07) is 7.76. The first-order valence-electron chi connectivity index (χ1n) is 6.36. The third kappa shape index (κ3) is 5.10. The number of nitrogens with one attached hydrogen (secondary N) is 1. The number of amides is 1. The summed E-state index contributed by atoms with van der Waals surface area (Å²) in [4.78, 5) is 15.3. The number of benzene rings is 1. The lowest BCUT2D eigenvalue weighted by Crippen LogP contribution is -2.25. The van der Waals surface area contributed by atoms with Crippen LogP contribution in [0.1, 0.15) is 12.5 Å². The molecular formula is C16H20N2O2. The maximum Gasteiger partial charge on any atom is 0.265 e. The summed E-state index contributed by atoms with van der Waals surface area (Å²) in [7, 11) is 1.57. The van der Waals surface area contributed by atoms with Crippen LogP contribution in [-0.2, 0) is 4.79 Å². The van der Waals surface area contributed by atoms with Gasteiger partial charge in [-0.15, -0.1) is 0 Å². The molecule has 4 nitrogen and oxygen atoms in total. The lowest BCUT2D eigenvalue weighted by Gasteiger charge is -2.11. The van der Waals surface area contributed by atoms with Gasteiger partial charge < -0.3 is 10.1 Å². The van der Waals surface area contributed by atoms with Crippen LogP contribution in [0.2, 0.25) is 0 Å². The van der Waals surface area contributed by atoms with Gasteiger partial charge in [-0.25, -0.2) is 0 Å². The van der Waals surface area contributed by atoms with Crippen LogP contribution in [0, 0.1) is 6.92 Å². The highest BCUT2D eigenvalue weighted by Gasteiger charge is 2.02. The van der Waals surface area contributed by atoms with Crippen molar-refractivity contribution in [3.05, 3.63) is 54.8 Å². The number of ether oxygens (including phenoxy) is 1. The summed E-state index contributed by atoms with van der Waals surface area (Å²) in [5, 5.41) is 2.51. The molecule has 1 unspecified atom stereocenters. The Hall–Kier alpha value is -2.36. The zero-order valence-corrected chi connectivity index (χ0v) is 12.1. The number of carbonyl (C=O) groups excluding carboxylic acids is 1. The lowest BCUT2D eigenvalue weighted by molar-refractivity contribution is -0.114. The Bertz CT molecular complexity index is 516. The van der Waals surface area contributed by atoms with E-state index in [2.05, 4.69) is 16.9 Å². The predicted molar refractivity (Wildman–Crippen MR) is 82.1 cm³/mol. The molecule has 0 aliphatic heterocycles. The minimum atomic E-state index is -0.293. The predicted octanol–water partition coefficient (Wildman–Crippen LogP) is 2.65. The summed E-state index contributed by atoms with van der Waals surface area (Å²) in [5.41, 5.74) is 1.57. The summed E-state index contributed by atoms with van der Waals surface area (Å²) >= 11 is 0. The number of aryl methyl sites for hydroxylation is 1. The molecule has 1 rings (SSSR count). The summed E-state index contributed by atoms with van der Waals surface area (Å²) in [6.07, 6.45) is 4.66. The first-order valence-corrected chi connectivity index (χ1v) is 6.36. The maximum absolute atomic E-state index is 11.3. The maximum atomic E-state index is 11.3. The second-order valence-corrected chi connectivity index (χ2v) is 4.27. The van der Waals surface area contributed by atoms with Crippen molar-refractivity contribution in [2.24, 2.45) is 4.99 Å². The summed E-state index contributed by atoms with van der Waals surface area (Å²) in [6.45, 7) is 7.38. The van der Waals surface area contributed by atoms with Crippen molar-refractivity contribution in [2.45, 2.75) is 20.0 Å². The fraction of sp³-hybridized carbons (Fsp3) is 0.250. The van der Waals surface area contributed by atoms with Crippen molar-refractivity contribution in [3.8, 4) is 5.75 Å². The number of nitrogens with zero attached hydrogens (tertiary/aromatic N) is 1. The third-order valence-corrected chi connectivity index (χ3v) is 2.63. The number of carbonyl (C=O) groups is 1. The van der Waals surface area contributed by atoms with Gasteiger partial charge in [0.25, 0.3) is 5.91 Å². The minimum Gasteiger partial charge on any atom is -0.482 e. The molecule has 1 atom stereocenters. The molecule has 0 radical (unpaired) electrons. The van der Waals surface area contributed by atoms with E-state index in [9.17, 15) is 4.79 Å². The molecular weight excluding hydrogens is 252 g/mol. The van der Waals surface area contributed by atoms with Crippen LogP contribution in [0.5, 0.6) is 5.75 Å². The Balaban J connectivity index is 2.65. The fourth-order valence-electron chi connectivity index (χ4n) is 1.42. The van der Waals surface area contributed by atoms with Crippen molar-refractivity contribution >= 4 is 11.6 Å². The van der Waals surface area contributed by atoms with E-state index in [1.165, 1.54) is 5.56 Å². The van der Waals surface area contributed by atoms with E-state index in [-0.39, 0.29) is 12.0 Å². The number of rotatable bonds is 6. The number of hydrogen-bond acceptors (Lipinski definition) is 3. The summed E-state index contributed by atoms with van der Waals surface area (Å²) in [5.74, 6) is 0.557. The zero-order chi connectivity index (χ0) is 15.0. The van der Waals surface area contributed by atoms with Gasteiger partial charge in [0.15, 0.2) is 0 Å². The molecule has 0 bridgehead atoms. The Labute approximate surface area is 119 Å². The van der Waals surface area contributed by atoms with Crippen molar-refractivity contribution in [1.82, 2.24) is 5.32 Å². The Morgan fingerprint density at radius 2 is 2.05 bits per heavy atom. The van der Waals surface area contributed by atoms with Gasteiger partial charge in [-0.2, -0.15) is 0 Å². The molecule has 0 aliphatic carbocycles. The number of hydrogen-bond donors (Lipinski definition) is 1. The molecule has 4 heteroatoms. The Kier molecular flexibility index (Phi) is 6.23. The van der Waals surface area contributed by atoms with Crippen LogP contribution in [0.4, 0.5) is 0 Å². The van der Waals surface area contributed by atoms with Crippen molar-refractivity contribution in [3.63, 3.8) is 0 Å². The Morgan fingerprint density at radius 1 is 1.40 bits per heavy atom. The van der Waals surface area contributed by atoms with Gasteiger partial charge in [0, 0.05) is 13.2 Å². The highest BCUT2D eigenvalue weighted by atomic mass is 16.5. The van der Waals surface area contributed by atoms with E-state index >= 15 is 0 Å². The molecule has 1 amide bonds. The van der Waals surface area contributed by atoms with E-state index < -0.39 is 0 Å². The van der Waals surface area contributed by atoms with Crippen molar-refractivity contribution in [1.29, 1.82) is 0 Å². The smallest absolute Gasteiger partial charge is 0.265 e. The van der Waals surface area contributed by atoms with E-state index in [0.717, 1.165) is 5.75 Å². The molecule has 1 aromatic rings. The minimum absolute atomic E-state index is 0.204. The second-order valence-electron chi connectivity index (χ2n) is 4.27. The lowest BCUT2D eigenvalue weighted by atomic mass is 10.2. The molecule has 20 heavy (non-hydrogen) atoms. The van der Waals surface area contributed by atoms with Gasteiger partial charge in [-0.3, -0.25) is 9.79 Å². The normalized spacial score (nSPS) is 13.1. The average molecular weight is 272 g/mol. The van der Waals surface area contributed by atoms with Gasteiger partial charge in [0.2, 0.25) is 0 Å². The molecule has 0 spiro atoms. The van der Waals surface area contributed by atoms with Gasteiger partial charge in [-0.05, 0) is 38.1 Å². The van der Waals surface area contributed by atoms with Gasteiger partial charge >= 0.3 is 0 Å². The van der Waals surface area contributed by atoms with Crippen LogP contribution < -0.4 is 10.1 Å². The van der Waals surface area contributed by atoms with Gasteiger partial charge in [-0.1, -0.05) is 24.3 Å². The number of aliphatic imine (C=N–C) groups is 1.